The van der Waals surface area contributed by atoms with Crippen LogP contribution in [0.1, 0.15) is 20.9 Å². The van der Waals surface area contributed by atoms with E-state index >= 15 is 0 Å². The first-order chi connectivity index (χ1) is 11.2. The quantitative estimate of drug-likeness (QED) is 0.720. The lowest BCUT2D eigenvalue weighted by molar-refractivity contribution is 0.102. The molecule has 0 bridgehead atoms. The first kappa shape index (κ1) is 14.6. The highest BCUT2D eigenvalue weighted by Gasteiger charge is 2.14. The first-order valence-electron chi connectivity index (χ1n) is 6.92. The Morgan fingerprint density at radius 1 is 1.04 bits per heavy atom. The molecule has 0 spiro atoms. The van der Waals surface area contributed by atoms with Crippen LogP contribution in [0.15, 0.2) is 65.1 Å². The van der Waals surface area contributed by atoms with Crippen LogP contribution in [0.4, 0.5) is 5.69 Å². The monoisotopic (exact) mass is 307 g/mol. The molecular weight excluding hydrogens is 294 g/mol. The lowest BCUT2D eigenvalue weighted by Gasteiger charge is -2.08. The number of benzene rings is 2. The number of furan rings is 1. The van der Waals surface area contributed by atoms with E-state index in [9.17, 15) is 14.7 Å². The van der Waals surface area contributed by atoms with Crippen molar-refractivity contribution < 1.29 is 19.1 Å². The molecule has 3 aromatic rings. The van der Waals surface area contributed by atoms with Crippen molar-refractivity contribution in [2.75, 3.05) is 5.32 Å². The van der Waals surface area contributed by atoms with Gasteiger partial charge < -0.3 is 14.8 Å². The topological polar surface area (TPSA) is 79.5 Å². The van der Waals surface area contributed by atoms with Crippen molar-refractivity contribution in [1.29, 1.82) is 0 Å². The van der Waals surface area contributed by atoms with Gasteiger partial charge in [0.2, 0.25) is 0 Å². The van der Waals surface area contributed by atoms with E-state index in [2.05, 4.69) is 5.32 Å². The number of amides is 1. The third-order valence-corrected chi connectivity index (χ3v) is 3.30. The largest absolute Gasteiger partial charge is 0.507 e. The minimum absolute atomic E-state index is 0.121. The molecule has 0 atom stereocenters. The summed E-state index contributed by atoms with van der Waals surface area (Å²) in [5, 5.41) is 12.6. The second kappa shape index (κ2) is 6.19. The lowest BCUT2D eigenvalue weighted by Crippen LogP contribution is -2.12. The maximum atomic E-state index is 12.3. The molecule has 0 aliphatic carbocycles. The van der Waals surface area contributed by atoms with Crippen LogP contribution >= 0.6 is 0 Å². The van der Waals surface area contributed by atoms with Crippen molar-refractivity contribution in [1.82, 2.24) is 0 Å². The summed E-state index contributed by atoms with van der Waals surface area (Å²) in [5.41, 5.74) is 1.34. The van der Waals surface area contributed by atoms with Gasteiger partial charge in [-0.2, -0.15) is 0 Å². The summed E-state index contributed by atoms with van der Waals surface area (Å²) in [5.74, 6) is 0.0753. The van der Waals surface area contributed by atoms with Gasteiger partial charge in [-0.3, -0.25) is 9.59 Å². The van der Waals surface area contributed by atoms with Crippen molar-refractivity contribution in [3.05, 3.63) is 72.0 Å². The predicted molar refractivity (Wildman–Crippen MR) is 85.6 cm³/mol. The summed E-state index contributed by atoms with van der Waals surface area (Å²) in [6.45, 7) is 0. The first-order valence-corrected chi connectivity index (χ1v) is 6.92. The molecule has 3 rings (SSSR count). The van der Waals surface area contributed by atoms with Gasteiger partial charge in [0.1, 0.15) is 11.5 Å². The zero-order valence-corrected chi connectivity index (χ0v) is 12.0. The fourth-order valence-corrected chi connectivity index (χ4v) is 2.16. The molecule has 1 amide bonds. The zero-order valence-electron chi connectivity index (χ0n) is 12.0. The Bertz CT molecular complexity index is 852. The Balaban J connectivity index is 1.91. The van der Waals surface area contributed by atoms with E-state index in [0.717, 1.165) is 0 Å². The van der Waals surface area contributed by atoms with E-state index in [1.165, 1.54) is 12.1 Å². The van der Waals surface area contributed by atoms with E-state index in [1.807, 2.05) is 6.07 Å². The highest BCUT2D eigenvalue weighted by atomic mass is 16.3. The second-order valence-electron chi connectivity index (χ2n) is 4.87. The predicted octanol–water partition coefficient (Wildman–Crippen LogP) is 3.72. The molecule has 114 valence electrons. The van der Waals surface area contributed by atoms with Crippen LogP contribution in [0.25, 0.3) is 11.3 Å². The Morgan fingerprint density at radius 3 is 2.52 bits per heavy atom. The fourth-order valence-electron chi connectivity index (χ4n) is 2.16. The molecule has 1 aromatic heterocycles. The number of hydrogen-bond acceptors (Lipinski definition) is 4. The van der Waals surface area contributed by atoms with Crippen molar-refractivity contribution in [2.45, 2.75) is 0 Å². The third-order valence-electron chi connectivity index (χ3n) is 3.30. The van der Waals surface area contributed by atoms with Gasteiger partial charge >= 0.3 is 0 Å². The molecule has 5 heteroatoms. The lowest BCUT2D eigenvalue weighted by atomic mass is 10.1. The molecule has 0 saturated carbocycles. The number of carbonyl (C=O) groups excluding carboxylic acids is 2. The van der Waals surface area contributed by atoms with Crippen LogP contribution in [0.2, 0.25) is 0 Å². The summed E-state index contributed by atoms with van der Waals surface area (Å²) in [6.07, 6.45) is 0.604. The number of carbonyl (C=O) groups is 2. The van der Waals surface area contributed by atoms with Crippen LogP contribution < -0.4 is 5.32 Å². The summed E-state index contributed by atoms with van der Waals surface area (Å²) in [4.78, 5) is 23.0. The molecule has 0 unspecified atom stereocenters. The van der Waals surface area contributed by atoms with Gasteiger partial charge in [0.15, 0.2) is 12.0 Å². The van der Waals surface area contributed by atoms with E-state index in [1.54, 1.807) is 42.5 Å². The molecule has 23 heavy (non-hydrogen) atoms. The number of hydrogen-bond donors (Lipinski definition) is 2. The summed E-state index contributed by atoms with van der Waals surface area (Å²) < 4.78 is 5.33. The Hall–Kier alpha value is -3.34. The van der Waals surface area contributed by atoms with Crippen LogP contribution in [0.3, 0.4) is 0 Å². The normalized spacial score (nSPS) is 10.3. The Morgan fingerprint density at radius 2 is 1.83 bits per heavy atom. The highest BCUT2D eigenvalue weighted by molar-refractivity contribution is 6.06. The molecular formula is C18H13NO4. The average molecular weight is 307 g/mol. The summed E-state index contributed by atoms with van der Waals surface area (Å²) in [7, 11) is 0. The van der Waals surface area contributed by atoms with Gasteiger partial charge in [-0.1, -0.05) is 18.2 Å². The van der Waals surface area contributed by atoms with Crippen molar-refractivity contribution in [3.63, 3.8) is 0 Å². The smallest absolute Gasteiger partial charge is 0.259 e. The van der Waals surface area contributed by atoms with Gasteiger partial charge in [-0.05, 0) is 42.5 Å². The molecule has 5 nitrogen and oxygen atoms in total. The van der Waals surface area contributed by atoms with E-state index in [-0.39, 0.29) is 17.1 Å². The molecule has 2 aromatic carbocycles. The van der Waals surface area contributed by atoms with Crippen molar-refractivity contribution in [2.24, 2.45) is 0 Å². The van der Waals surface area contributed by atoms with Crippen LogP contribution in [-0.4, -0.2) is 17.3 Å². The number of aldehydes is 1. The Labute approximate surface area is 132 Å². The second-order valence-corrected chi connectivity index (χ2v) is 4.87. The fraction of sp³-hybridized carbons (Fsp3) is 0. The van der Waals surface area contributed by atoms with Crippen LogP contribution in [-0.2, 0) is 0 Å². The molecule has 2 N–H and O–H groups in total. The molecule has 1 heterocycles. The third kappa shape index (κ3) is 3.13. The summed E-state index contributed by atoms with van der Waals surface area (Å²) in [6, 6.07) is 16.7. The molecule has 0 aliphatic heterocycles. The number of para-hydroxylation sites is 1. The average Bonchev–Trinajstić information content (AvgIpc) is 3.05. The maximum absolute atomic E-state index is 12.3. The molecule has 0 aliphatic rings. The van der Waals surface area contributed by atoms with Crippen molar-refractivity contribution >= 4 is 17.9 Å². The zero-order chi connectivity index (χ0) is 16.2. The highest BCUT2D eigenvalue weighted by Crippen LogP contribution is 2.27. The molecule has 0 saturated heterocycles. The molecule has 0 fully saturated rings. The van der Waals surface area contributed by atoms with Gasteiger partial charge in [-0.15, -0.1) is 0 Å². The number of aromatic hydroxyl groups is 1. The van der Waals surface area contributed by atoms with Gasteiger partial charge in [-0.25, -0.2) is 0 Å². The number of phenols is 1. The standard InChI is InChI=1S/C18H13NO4/c20-11-14-7-9-17(23-14)12-6-8-16(21)15(10-12)18(22)19-13-4-2-1-3-5-13/h1-11,21H,(H,19,22). The number of nitrogens with one attached hydrogen (secondary N) is 1. The van der Waals surface area contributed by atoms with Crippen LogP contribution in [0, 0.1) is 0 Å². The summed E-state index contributed by atoms with van der Waals surface area (Å²) >= 11 is 0. The van der Waals surface area contributed by atoms with E-state index in [0.29, 0.717) is 23.3 Å². The number of rotatable bonds is 4. The van der Waals surface area contributed by atoms with E-state index in [4.69, 9.17) is 4.42 Å². The SMILES string of the molecule is O=Cc1ccc(-c2ccc(O)c(C(=O)Nc3ccccc3)c2)o1. The van der Waals surface area contributed by atoms with Gasteiger partial charge in [0.05, 0.1) is 5.56 Å². The van der Waals surface area contributed by atoms with Crippen molar-refractivity contribution in [3.8, 4) is 17.1 Å². The Kier molecular flexibility index (Phi) is 3.93. The molecule has 0 radical (unpaired) electrons. The maximum Gasteiger partial charge on any atom is 0.259 e. The minimum Gasteiger partial charge on any atom is -0.507 e. The minimum atomic E-state index is -0.433. The number of phenolic OH excluding ortho intramolecular Hbond substituents is 1. The van der Waals surface area contributed by atoms with Crippen LogP contribution in [0.5, 0.6) is 5.75 Å². The van der Waals surface area contributed by atoms with E-state index < -0.39 is 5.91 Å². The van der Waals surface area contributed by atoms with Gasteiger partial charge in [0, 0.05) is 11.3 Å². The van der Waals surface area contributed by atoms with Gasteiger partial charge in [0.25, 0.3) is 5.91 Å². The number of anilines is 1.